The molecule has 3 rings (SSSR count). The second-order valence-electron chi connectivity index (χ2n) is 6.42. The van der Waals surface area contributed by atoms with Gasteiger partial charge in [-0.25, -0.2) is 0 Å². The minimum Gasteiger partial charge on any atom is -0.494 e. The van der Waals surface area contributed by atoms with Crippen molar-refractivity contribution in [2.45, 2.75) is 32.6 Å². The van der Waals surface area contributed by atoms with Crippen molar-refractivity contribution >= 4 is 11.4 Å². The van der Waals surface area contributed by atoms with Gasteiger partial charge in [0.1, 0.15) is 5.75 Å². The highest BCUT2D eigenvalue weighted by atomic mass is 16.5. The molecule has 2 nitrogen and oxygen atoms in total. The third-order valence-electron chi connectivity index (χ3n) is 4.32. The third-order valence-corrected chi connectivity index (χ3v) is 4.32. The first-order chi connectivity index (χ1) is 13.3. The molecule has 0 bridgehead atoms. The number of rotatable bonds is 9. The summed E-state index contributed by atoms with van der Waals surface area (Å²) in [5, 5.41) is 3.29. The minimum absolute atomic E-state index is 0.479. The van der Waals surface area contributed by atoms with Crippen LogP contribution in [-0.4, -0.2) is 6.61 Å². The number of benzene rings is 3. The topological polar surface area (TPSA) is 21.3 Å². The zero-order valence-corrected chi connectivity index (χ0v) is 15.4. The van der Waals surface area contributed by atoms with Gasteiger partial charge in [-0.1, -0.05) is 68.7 Å². The molecule has 0 aliphatic carbocycles. The first kappa shape index (κ1) is 16.7. The second kappa shape index (κ2) is 9.67. The van der Waals surface area contributed by atoms with E-state index in [2.05, 4.69) is 24.4 Å². The number of hydrogen-bond acceptors (Lipinski definition) is 2. The number of nitrogens with one attached hydrogen (secondary N) is 1. The maximum atomic E-state index is 8.31. The zero-order chi connectivity index (χ0) is 18.9. The molecule has 1 N–H and O–H groups in total. The van der Waals surface area contributed by atoms with Gasteiger partial charge >= 0.3 is 0 Å². The zero-order valence-electron chi connectivity index (χ0n) is 16.4. The summed E-state index contributed by atoms with van der Waals surface area (Å²) in [6.07, 6.45) is 4.84. The van der Waals surface area contributed by atoms with E-state index in [1.165, 1.54) is 19.3 Å². The Bertz CT molecular complexity index is 831. The summed E-state index contributed by atoms with van der Waals surface area (Å²) in [6, 6.07) is 24.4. The number of hydrogen-bond donors (Lipinski definition) is 1. The lowest BCUT2D eigenvalue weighted by Gasteiger charge is -2.09. The minimum atomic E-state index is 0.479. The van der Waals surface area contributed by atoms with Crippen LogP contribution >= 0.6 is 0 Å². The molecule has 0 spiro atoms. The van der Waals surface area contributed by atoms with Gasteiger partial charge in [-0.15, -0.1) is 0 Å². The summed E-state index contributed by atoms with van der Waals surface area (Å²) in [7, 11) is 0. The van der Waals surface area contributed by atoms with Crippen molar-refractivity contribution in [1.82, 2.24) is 0 Å². The molecule has 26 heavy (non-hydrogen) atoms. The molecule has 0 unspecified atom stereocenters. The normalized spacial score (nSPS) is 11.0. The summed E-state index contributed by atoms with van der Waals surface area (Å²) in [5.74, 6) is 0.906. The lowest BCUT2D eigenvalue weighted by Crippen LogP contribution is -1.96. The predicted molar refractivity (Wildman–Crippen MR) is 111 cm³/mol. The van der Waals surface area contributed by atoms with Crippen LogP contribution in [0.25, 0.3) is 11.1 Å². The standard InChI is InChI=1S/C24H27NO/c1-2-3-4-8-19-26-24-17-13-21(14-18-24)20-11-15-23(16-12-20)25-22-9-6-5-7-10-22/h5-7,9-18,25H,2-4,8,19H2,1H3/i15D. The lowest BCUT2D eigenvalue weighted by atomic mass is 10.1. The maximum Gasteiger partial charge on any atom is 0.119 e. The van der Waals surface area contributed by atoms with Crippen LogP contribution in [0.4, 0.5) is 11.4 Å². The van der Waals surface area contributed by atoms with Gasteiger partial charge in [-0.05, 0) is 53.9 Å². The van der Waals surface area contributed by atoms with E-state index in [0.717, 1.165) is 41.3 Å². The SMILES string of the molecule is [2H]c1cc(-c2ccc(OCCCCCC)cc2)ccc1Nc1ccccc1. The smallest absolute Gasteiger partial charge is 0.119 e. The van der Waals surface area contributed by atoms with Crippen molar-refractivity contribution < 1.29 is 6.11 Å². The van der Waals surface area contributed by atoms with Crippen molar-refractivity contribution in [3.05, 3.63) is 78.8 Å². The molecule has 2 heteroatoms. The molecule has 0 aliphatic heterocycles. The molecule has 3 aromatic carbocycles. The third kappa shape index (κ3) is 5.38. The van der Waals surface area contributed by atoms with Gasteiger partial charge in [0.15, 0.2) is 0 Å². The quantitative estimate of drug-likeness (QED) is 0.419. The van der Waals surface area contributed by atoms with Gasteiger partial charge < -0.3 is 10.1 Å². The lowest BCUT2D eigenvalue weighted by molar-refractivity contribution is 0.305. The average molecular weight is 346 g/mol. The number of para-hydroxylation sites is 1. The summed E-state index contributed by atoms with van der Waals surface area (Å²) in [5.41, 5.74) is 3.91. The Morgan fingerprint density at radius 1 is 0.769 bits per heavy atom. The molecule has 0 saturated carbocycles. The summed E-state index contributed by atoms with van der Waals surface area (Å²) < 4.78 is 14.1. The molecule has 0 amide bonds. The largest absolute Gasteiger partial charge is 0.494 e. The Balaban J connectivity index is 1.62. The van der Waals surface area contributed by atoms with E-state index in [1.807, 2.05) is 60.7 Å². The number of ether oxygens (including phenoxy) is 1. The van der Waals surface area contributed by atoms with E-state index >= 15 is 0 Å². The van der Waals surface area contributed by atoms with E-state index < -0.39 is 0 Å². The van der Waals surface area contributed by atoms with Crippen molar-refractivity contribution in [1.29, 1.82) is 0 Å². The number of anilines is 2. The van der Waals surface area contributed by atoms with Crippen LogP contribution in [0.1, 0.15) is 34.0 Å². The van der Waals surface area contributed by atoms with E-state index in [9.17, 15) is 0 Å². The van der Waals surface area contributed by atoms with Gasteiger partial charge in [0.25, 0.3) is 0 Å². The van der Waals surface area contributed by atoms with Gasteiger partial charge in [0.2, 0.25) is 0 Å². The molecule has 134 valence electrons. The summed E-state index contributed by atoms with van der Waals surface area (Å²) in [6.45, 7) is 2.99. The van der Waals surface area contributed by atoms with Crippen LogP contribution in [0.5, 0.6) is 5.75 Å². The van der Waals surface area contributed by atoms with Crippen LogP contribution in [0.3, 0.4) is 0 Å². The van der Waals surface area contributed by atoms with Crippen LogP contribution in [-0.2, 0) is 0 Å². The van der Waals surface area contributed by atoms with E-state index in [-0.39, 0.29) is 0 Å². The van der Waals surface area contributed by atoms with Crippen molar-refractivity contribution in [3.63, 3.8) is 0 Å². The van der Waals surface area contributed by atoms with Gasteiger partial charge in [0, 0.05) is 11.4 Å². The Morgan fingerprint density at radius 2 is 1.50 bits per heavy atom. The van der Waals surface area contributed by atoms with Gasteiger partial charge in [-0.2, -0.15) is 0 Å². The fourth-order valence-electron chi connectivity index (χ4n) is 2.82. The van der Waals surface area contributed by atoms with Crippen LogP contribution in [0.15, 0.2) is 78.8 Å². The highest BCUT2D eigenvalue weighted by Crippen LogP contribution is 2.25. The van der Waals surface area contributed by atoms with Gasteiger partial charge in [0.05, 0.1) is 7.98 Å². The summed E-state index contributed by atoms with van der Waals surface area (Å²) >= 11 is 0. The Kier molecular flexibility index (Phi) is 6.21. The highest BCUT2D eigenvalue weighted by molar-refractivity contribution is 5.68. The van der Waals surface area contributed by atoms with E-state index in [0.29, 0.717) is 6.04 Å². The molecular formula is C24H27NO. The average Bonchev–Trinajstić information content (AvgIpc) is 2.71. The van der Waals surface area contributed by atoms with Crippen LogP contribution in [0, 0.1) is 0 Å². The van der Waals surface area contributed by atoms with Crippen LogP contribution in [0.2, 0.25) is 0 Å². The molecule has 0 aromatic heterocycles. The molecule has 0 heterocycles. The molecule has 0 aliphatic rings. The Hall–Kier alpha value is -2.74. The van der Waals surface area contributed by atoms with Crippen molar-refractivity contribution in [2.24, 2.45) is 0 Å². The Morgan fingerprint density at radius 3 is 2.23 bits per heavy atom. The molecule has 0 radical (unpaired) electrons. The summed E-state index contributed by atoms with van der Waals surface area (Å²) in [4.78, 5) is 0. The maximum absolute atomic E-state index is 8.31. The molecular weight excluding hydrogens is 318 g/mol. The van der Waals surface area contributed by atoms with Crippen LogP contribution < -0.4 is 10.1 Å². The Labute approximate surface area is 158 Å². The van der Waals surface area contributed by atoms with E-state index in [4.69, 9.17) is 6.11 Å². The molecule has 3 aromatic rings. The fourth-order valence-corrected chi connectivity index (χ4v) is 2.82. The first-order valence-electron chi connectivity index (χ1n) is 9.92. The number of unbranched alkanes of at least 4 members (excludes halogenated alkanes) is 3. The molecule has 0 fully saturated rings. The highest BCUT2D eigenvalue weighted by Gasteiger charge is 2.00. The van der Waals surface area contributed by atoms with Crippen molar-refractivity contribution in [2.75, 3.05) is 11.9 Å². The predicted octanol–water partition coefficient (Wildman–Crippen LogP) is 7.06. The fraction of sp³-hybridized carbons (Fsp3) is 0.250. The van der Waals surface area contributed by atoms with Crippen molar-refractivity contribution in [3.8, 4) is 16.9 Å². The molecule has 0 atom stereocenters. The second-order valence-corrected chi connectivity index (χ2v) is 6.42. The monoisotopic (exact) mass is 346 g/mol. The molecule has 0 saturated heterocycles. The van der Waals surface area contributed by atoms with E-state index in [1.54, 1.807) is 0 Å². The first-order valence-corrected chi connectivity index (χ1v) is 9.42. The van der Waals surface area contributed by atoms with Gasteiger partial charge in [-0.3, -0.25) is 0 Å².